The second-order valence-corrected chi connectivity index (χ2v) is 6.08. The summed E-state index contributed by atoms with van der Waals surface area (Å²) in [4.78, 5) is 13.2. The highest BCUT2D eigenvalue weighted by molar-refractivity contribution is 6.32. The van der Waals surface area contributed by atoms with Crippen molar-refractivity contribution >= 4 is 17.5 Å². The van der Waals surface area contributed by atoms with Crippen molar-refractivity contribution in [3.05, 3.63) is 53.1 Å². The van der Waals surface area contributed by atoms with Gasteiger partial charge in [0.25, 0.3) is 11.8 Å². The molecule has 1 aliphatic heterocycles. The van der Waals surface area contributed by atoms with Gasteiger partial charge in [0.15, 0.2) is 0 Å². The molecule has 1 aliphatic rings. The fourth-order valence-corrected chi connectivity index (χ4v) is 2.83. The number of halogens is 3. The molecule has 0 spiro atoms. The Kier molecular flexibility index (Phi) is 4.45. The number of carbonyl (C=O) groups excluding carboxylic acids is 1. The molecule has 0 unspecified atom stereocenters. The molecule has 1 amide bonds. The predicted octanol–water partition coefficient (Wildman–Crippen LogP) is 4.50. The maximum atomic E-state index is 12.9. The number of ether oxygens (including phenoxy) is 1. The maximum Gasteiger partial charge on any atom is 0.282 e. The Morgan fingerprint density at radius 1 is 1.17 bits per heavy atom. The van der Waals surface area contributed by atoms with Gasteiger partial charge in [-0.1, -0.05) is 29.8 Å². The number of nitrogens with zero attached hydrogens (tertiary/aromatic N) is 1. The largest absolute Gasteiger partial charge is 0.492 e. The first kappa shape index (κ1) is 16.7. The van der Waals surface area contributed by atoms with Crippen LogP contribution in [-0.2, 0) is 0 Å². The molecule has 3 rings (SSSR count). The summed E-state index contributed by atoms with van der Waals surface area (Å²) in [5.74, 6) is -2.51. The lowest BCUT2D eigenvalue weighted by atomic mass is 10.0. The second kappa shape index (κ2) is 6.40. The van der Waals surface area contributed by atoms with E-state index < -0.39 is 19.0 Å². The average molecular weight is 352 g/mol. The van der Waals surface area contributed by atoms with Gasteiger partial charge in [0.1, 0.15) is 5.75 Å². The molecular formula is C18H16ClF2NO2. The molecule has 0 N–H and O–H groups in total. The van der Waals surface area contributed by atoms with E-state index in [4.69, 9.17) is 16.3 Å². The van der Waals surface area contributed by atoms with E-state index >= 15 is 0 Å². The minimum Gasteiger partial charge on any atom is -0.492 e. The summed E-state index contributed by atoms with van der Waals surface area (Å²) in [7, 11) is 0. The van der Waals surface area contributed by atoms with Crippen LogP contribution in [0, 0.1) is 0 Å². The van der Waals surface area contributed by atoms with E-state index in [1.165, 1.54) is 0 Å². The number of hydrogen-bond donors (Lipinski definition) is 0. The van der Waals surface area contributed by atoms with Gasteiger partial charge in [0.05, 0.1) is 24.7 Å². The van der Waals surface area contributed by atoms with Crippen LogP contribution in [0.15, 0.2) is 42.5 Å². The molecule has 2 aromatic rings. The van der Waals surface area contributed by atoms with Crippen LogP contribution in [0.4, 0.5) is 8.78 Å². The maximum absolute atomic E-state index is 12.9. The highest BCUT2D eigenvalue weighted by Crippen LogP contribution is 2.31. The summed E-state index contributed by atoms with van der Waals surface area (Å²) in [6.07, 6.45) is 0. The quantitative estimate of drug-likeness (QED) is 0.811. The van der Waals surface area contributed by atoms with Gasteiger partial charge < -0.3 is 9.64 Å². The molecule has 0 aromatic heterocycles. The van der Waals surface area contributed by atoms with Crippen LogP contribution in [0.25, 0.3) is 11.1 Å². The van der Waals surface area contributed by atoms with E-state index in [9.17, 15) is 13.6 Å². The second-order valence-electron chi connectivity index (χ2n) is 5.67. The van der Waals surface area contributed by atoms with E-state index in [1.54, 1.807) is 36.4 Å². The molecule has 0 aliphatic carbocycles. The van der Waals surface area contributed by atoms with Crippen molar-refractivity contribution in [2.24, 2.45) is 0 Å². The summed E-state index contributed by atoms with van der Waals surface area (Å²) in [5.41, 5.74) is 2.16. The van der Waals surface area contributed by atoms with Crippen LogP contribution < -0.4 is 4.74 Å². The summed E-state index contributed by atoms with van der Waals surface area (Å²) < 4.78 is 31.1. The van der Waals surface area contributed by atoms with Crippen LogP contribution in [0.3, 0.4) is 0 Å². The van der Waals surface area contributed by atoms with E-state index in [2.05, 4.69) is 0 Å². The monoisotopic (exact) mass is 351 g/mol. The van der Waals surface area contributed by atoms with Crippen molar-refractivity contribution < 1.29 is 18.3 Å². The lowest BCUT2D eigenvalue weighted by Crippen LogP contribution is -2.58. The van der Waals surface area contributed by atoms with Crippen molar-refractivity contribution in [2.75, 3.05) is 19.7 Å². The molecule has 6 heteroatoms. The standard InChI is InChI=1S/C18H16ClF2NO2/c1-2-24-16-8-7-14(9-15(16)19)12-3-5-13(6-4-12)17(23)22-10-18(20,21)11-22/h3-9H,2,10-11H2,1H3. The molecule has 1 heterocycles. The van der Waals surface area contributed by atoms with Crippen molar-refractivity contribution in [1.82, 2.24) is 4.90 Å². The third-order valence-electron chi connectivity index (χ3n) is 3.83. The number of carbonyl (C=O) groups is 1. The lowest BCUT2D eigenvalue weighted by Gasteiger charge is -2.38. The summed E-state index contributed by atoms with van der Waals surface area (Å²) in [6, 6.07) is 12.3. The average Bonchev–Trinajstić information content (AvgIpc) is 2.54. The smallest absolute Gasteiger partial charge is 0.282 e. The molecule has 1 saturated heterocycles. The molecule has 0 radical (unpaired) electrons. The van der Waals surface area contributed by atoms with Gasteiger partial charge in [-0.05, 0) is 42.3 Å². The van der Waals surface area contributed by atoms with Crippen LogP contribution in [0.1, 0.15) is 17.3 Å². The van der Waals surface area contributed by atoms with Crippen LogP contribution in [0.2, 0.25) is 5.02 Å². The van der Waals surface area contributed by atoms with Crippen LogP contribution >= 0.6 is 11.6 Å². The van der Waals surface area contributed by atoms with Gasteiger partial charge in [-0.25, -0.2) is 8.78 Å². The fraction of sp³-hybridized carbons (Fsp3) is 0.278. The Balaban J connectivity index is 1.75. The zero-order valence-corrected chi connectivity index (χ0v) is 13.8. The number of alkyl halides is 2. The Morgan fingerprint density at radius 2 is 1.79 bits per heavy atom. The van der Waals surface area contributed by atoms with Crippen molar-refractivity contribution in [3.8, 4) is 16.9 Å². The zero-order valence-electron chi connectivity index (χ0n) is 13.1. The number of amides is 1. The zero-order chi connectivity index (χ0) is 17.3. The molecule has 0 atom stereocenters. The van der Waals surface area contributed by atoms with Crippen LogP contribution in [-0.4, -0.2) is 36.4 Å². The fourth-order valence-electron chi connectivity index (χ4n) is 2.60. The molecule has 3 nitrogen and oxygen atoms in total. The normalized spacial score (nSPS) is 15.8. The summed E-state index contributed by atoms with van der Waals surface area (Å²) in [5, 5.41) is 0.511. The van der Waals surface area contributed by atoms with E-state index in [0.717, 1.165) is 16.0 Å². The van der Waals surface area contributed by atoms with E-state index in [-0.39, 0.29) is 5.91 Å². The SMILES string of the molecule is CCOc1ccc(-c2ccc(C(=O)N3CC(F)(F)C3)cc2)cc1Cl. The topological polar surface area (TPSA) is 29.5 Å². The molecule has 0 bridgehead atoms. The lowest BCUT2D eigenvalue weighted by molar-refractivity contribution is -0.113. The third kappa shape index (κ3) is 3.36. The van der Waals surface area contributed by atoms with E-state index in [0.29, 0.717) is 22.9 Å². The Labute approximate surface area is 143 Å². The first-order valence-corrected chi connectivity index (χ1v) is 7.97. The Hall–Kier alpha value is -2.14. The van der Waals surface area contributed by atoms with Crippen molar-refractivity contribution in [3.63, 3.8) is 0 Å². The minimum absolute atomic E-state index is 0.378. The minimum atomic E-state index is -2.76. The molecular weight excluding hydrogens is 336 g/mol. The number of benzene rings is 2. The van der Waals surface area contributed by atoms with Gasteiger partial charge in [-0.2, -0.15) is 0 Å². The van der Waals surface area contributed by atoms with Gasteiger partial charge in [-0.3, -0.25) is 4.79 Å². The molecule has 2 aromatic carbocycles. The van der Waals surface area contributed by atoms with Gasteiger partial charge in [0.2, 0.25) is 0 Å². The van der Waals surface area contributed by atoms with Gasteiger partial charge >= 0.3 is 0 Å². The summed E-state index contributed by atoms with van der Waals surface area (Å²) in [6.45, 7) is 1.39. The third-order valence-corrected chi connectivity index (χ3v) is 4.12. The van der Waals surface area contributed by atoms with Gasteiger partial charge in [0, 0.05) is 5.56 Å². The van der Waals surface area contributed by atoms with Crippen LogP contribution in [0.5, 0.6) is 5.75 Å². The highest BCUT2D eigenvalue weighted by Gasteiger charge is 2.46. The Bertz CT molecular complexity index is 754. The molecule has 0 saturated carbocycles. The number of hydrogen-bond acceptors (Lipinski definition) is 2. The molecule has 1 fully saturated rings. The van der Waals surface area contributed by atoms with E-state index in [1.807, 2.05) is 13.0 Å². The molecule has 24 heavy (non-hydrogen) atoms. The van der Waals surface area contributed by atoms with Gasteiger partial charge in [-0.15, -0.1) is 0 Å². The number of rotatable bonds is 4. The Morgan fingerprint density at radius 3 is 2.33 bits per heavy atom. The van der Waals surface area contributed by atoms with Crippen molar-refractivity contribution in [2.45, 2.75) is 12.8 Å². The number of likely N-dealkylation sites (tertiary alicyclic amines) is 1. The first-order valence-electron chi connectivity index (χ1n) is 7.59. The summed E-state index contributed by atoms with van der Waals surface area (Å²) >= 11 is 6.18. The molecule has 126 valence electrons. The predicted molar refractivity (Wildman–Crippen MR) is 88.9 cm³/mol. The first-order chi connectivity index (χ1) is 11.4. The highest BCUT2D eigenvalue weighted by atomic mass is 35.5. The van der Waals surface area contributed by atoms with Crippen molar-refractivity contribution in [1.29, 1.82) is 0 Å².